The first-order chi connectivity index (χ1) is 20.9. The third-order valence-electron chi connectivity index (χ3n) is 8.02. The monoisotopic (exact) mass is 622 g/mol. The minimum atomic E-state index is -3.60. The molecular weight excluding hydrogens is 600 g/mol. The van der Waals surface area contributed by atoms with Gasteiger partial charge in [0.15, 0.2) is 0 Å². The van der Waals surface area contributed by atoms with Gasteiger partial charge in [-0.05, 0) is 60.2 Å². The lowest BCUT2D eigenvalue weighted by Gasteiger charge is -2.29. The normalized spacial score (nSPS) is 19.5. The summed E-state index contributed by atoms with van der Waals surface area (Å²) in [6, 6.07) is 9.00. The lowest BCUT2D eigenvalue weighted by Crippen LogP contribution is -2.36. The predicted octanol–water partition coefficient (Wildman–Crippen LogP) is 7.02. The van der Waals surface area contributed by atoms with Gasteiger partial charge in [-0.25, -0.2) is 22.2 Å². The number of carbonyl (C=O) groups is 1. The summed E-state index contributed by atoms with van der Waals surface area (Å²) in [6.45, 7) is -3.08. The van der Waals surface area contributed by atoms with Gasteiger partial charge < -0.3 is 10.5 Å². The van der Waals surface area contributed by atoms with Gasteiger partial charge >= 0.3 is 6.61 Å². The van der Waals surface area contributed by atoms with Crippen molar-refractivity contribution in [2.24, 2.45) is 11.7 Å². The highest BCUT2D eigenvalue weighted by atomic mass is 19.3. The molecule has 1 saturated carbocycles. The highest BCUT2D eigenvalue weighted by Gasteiger charge is 2.67. The van der Waals surface area contributed by atoms with Crippen LogP contribution in [0.5, 0.6) is 5.75 Å². The number of fused-ring (bicyclic) bond motifs is 3. The van der Waals surface area contributed by atoms with Crippen molar-refractivity contribution in [2.75, 3.05) is 0 Å². The van der Waals surface area contributed by atoms with Gasteiger partial charge in [0.2, 0.25) is 5.91 Å². The van der Waals surface area contributed by atoms with E-state index in [9.17, 15) is 31.1 Å². The van der Waals surface area contributed by atoms with Gasteiger partial charge in [0.25, 0.3) is 12.3 Å². The molecule has 2 aromatic carbocycles. The number of aromatic nitrogens is 3. The molecule has 4 aromatic rings. The molecule has 2 N–H and O–H groups in total. The number of ether oxygens (including phenoxy) is 1. The second-order valence-corrected chi connectivity index (χ2v) is 10.7. The molecule has 1 fully saturated rings. The van der Waals surface area contributed by atoms with Crippen LogP contribution in [0, 0.1) is 17.6 Å². The van der Waals surface area contributed by atoms with Crippen molar-refractivity contribution in [1.29, 1.82) is 0 Å². The number of carbonyl (C=O) groups excluding carboxylic acids is 1. The fourth-order valence-corrected chi connectivity index (χ4v) is 6.22. The summed E-state index contributed by atoms with van der Waals surface area (Å²) in [6.07, 6.45) is -2.35. The quantitative estimate of drug-likeness (QED) is 0.193. The van der Waals surface area contributed by atoms with Gasteiger partial charge in [0.1, 0.15) is 34.8 Å². The van der Waals surface area contributed by atoms with Crippen molar-refractivity contribution < 1.29 is 44.7 Å². The van der Waals surface area contributed by atoms with E-state index < -0.39 is 78.1 Å². The number of nitrogens with two attached hydrogens (primary N) is 1. The molecule has 1 amide bonds. The number of alkyl halides is 6. The Kier molecular flexibility index (Phi) is 7.33. The minimum Gasteiger partial charge on any atom is -0.435 e. The molecule has 0 aliphatic heterocycles. The zero-order valence-corrected chi connectivity index (χ0v) is 22.4. The van der Waals surface area contributed by atoms with Crippen molar-refractivity contribution in [3.63, 3.8) is 0 Å². The molecular formula is C30H22F8N4O2. The first kappa shape index (κ1) is 29.6. The maximum Gasteiger partial charge on any atom is 0.387 e. The number of nitrogens with zero attached hydrogens (tertiary/aromatic N) is 3. The molecule has 0 radical (unpaired) electrons. The van der Waals surface area contributed by atoms with E-state index in [1.807, 2.05) is 0 Å². The van der Waals surface area contributed by atoms with E-state index in [4.69, 9.17) is 5.73 Å². The second kappa shape index (κ2) is 10.9. The van der Waals surface area contributed by atoms with Crippen molar-refractivity contribution in [3.8, 4) is 16.9 Å². The van der Waals surface area contributed by atoms with Gasteiger partial charge in [-0.15, -0.1) is 0 Å². The molecule has 2 aliphatic carbocycles. The largest absolute Gasteiger partial charge is 0.435 e. The Labute approximate surface area is 244 Å². The third-order valence-corrected chi connectivity index (χ3v) is 8.02. The average molecular weight is 623 g/mol. The van der Waals surface area contributed by atoms with Crippen LogP contribution >= 0.6 is 0 Å². The predicted molar refractivity (Wildman–Crippen MR) is 139 cm³/mol. The minimum absolute atomic E-state index is 0.0106. The number of rotatable bonds is 10. The van der Waals surface area contributed by atoms with E-state index in [2.05, 4.69) is 14.8 Å². The Hall–Kier alpha value is -4.49. The standard InChI is InChI=1S/C30H22F8N4O2/c31-15-8-13(9-16(32)11-15)10-20(23-18(2-1-7-40-23)14-3-5-17(6-4-14)44-29(35)36)25(28(39)43)42-26-22(24(41-42)27(33)34)19-12-21(19)30(26,37)38/h1-9,11,19-21,25,27,29H,10,12H2,(H2,39,43)/t19?,20-,21?,25?/m1/s1. The topological polar surface area (TPSA) is 83.0 Å². The second-order valence-electron chi connectivity index (χ2n) is 10.7. The van der Waals surface area contributed by atoms with Crippen LogP contribution in [0.4, 0.5) is 35.1 Å². The van der Waals surface area contributed by atoms with Gasteiger partial charge in [-0.3, -0.25) is 9.78 Å². The van der Waals surface area contributed by atoms with Crippen molar-refractivity contribution in [2.45, 2.75) is 49.7 Å². The smallest absolute Gasteiger partial charge is 0.387 e. The number of hydrogen-bond donors (Lipinski definition) is 1. The van der Waals surface area contributed by atoms with Crippen LogP contribution in [-0.4, -0.2) is 27.3 Å². The van der Waals surface area contributed by atoms with E-state index in [0.29, 0.717) is 16.3 Å². The lowest BCUT2D eigenvalue weighted by molar-refractivity contribution is -0.122. The number of pyridine rings is 1. The molecule has 0 saturated heterocycles. The highest BCUT2D eigenvalue weighted by molar-refractivity contribution is 5.81. The zero-order valence-electron chi connectivity index (χ0n) is 22.4. The fourth-order valence-electron chi connectivity index (χ4n) is 6.22. The number of primary amides is 1. The van der Waals surface area contributed by atoms with E-state index >= 15 is 8.78 Å². The van der Waals surface area contributed by atoms with Crippen LogP contribution < -0.4 is 10.5 Å². The molecule has 44 heavy (non-hydrogen) atoms. The van der Waals surface area contributed by atoms with Crippen LogP contribution in [-0.2, 0) is 17.1 Å². The maximum atomic E-state index is 15.6. The van der Waals surface area contributed by atoms with Gasteiger partial charge in [0.05, 0.1) is 5.69 Å². The Morgan fingerprint density at radius 3 is 2.32 bits per heavy atom. The fraction of sp³-hybridized carbons (Fsp3) is 0.300. The van der Waals surface area contributed by atoms with Crippen LogP contribution in [0.1, 0.15) is 58.9 Å². The van der Waals surface area contributed by atoms with Crippen molar-refractivity contribution in [1.82, 2.24) is 14.8 Å². The molecule has 2 aliphatic rings. The van der Waals surface area contributed by atoms with Gasteiger partial charge in [0, 0.05) is 35.2 Å². The van der Waals surface area contributed by atoms with Crippen LogP contribution in [0.15, 0.2) is 60.8 Å². The molecule has 4 atom stereocenters. The summed E-state index contributed by atoms with van der Waals surface area (Å²) >= 11 is 0. The van der Waals surface area contributed by atoms with Crippen molar-refractivity contribution >= 4 is 5.91 Å². The van der Waals surface area contributed by atoms with E-state index in [-0.39, 0.29) is 34.6 Å². The summed E-state index contributed by atoms with van der Waals surface area (Å²) in [5.41, 5.74) is 4.38. The Balaban J connectivity index is 1.54. The van der Waals surface area contributed by atoms with E-state index in [0.717, 1.165) is 12.1 Å². The summed E-state index contributed by atoms with van der Waals surface area (Å²) in [5.74, 6) is -10.4. The Morgan fingerprint density at radius 2 is 1.70 bits per heavy atom. The maximum absolute atomic E-state index is 15.6. The number of halogens is 8. The molecule has 0 bridgehead atoms. The molecule has 6 rings (SSSR count). The lowest BCUT2D eigenvalue weighted by atomic mass is 9.84. The number of hydrogen-bond acceptors (Lipinski definition) is 4. The molecule has 14 heteroatoms. The summed E-state index contributed by atoms with van der Waals surface area (Å²) in [5, 5.41) is 3.81. The van der Waals surface area contributed by atoms with Crippen LogP contribution in [0.25, 0.3) is 11.1 Å². The molecule has 2 aromatic heterocycles. The Bertz CT molecular complexity index is 1710. The Morgan fingerprint density at radius 1 is 1.02 bits per heavy atom. The summed E-state index contributed by atoms with van der Waals surface area (Å²) < 4.78 is 118. The van der Waals surface area contributed by atoms with Gasteiger partial charge in [-0.1, -0.05) is 18.2 Å². The first-order valence-electron chi connectivity index (χ1n) is 13.4. The zero-order chi connectivity index (χ0) is 31.5. The summed E-state index contributed by atoms with van der Waals surface area (Å²) in [4.78, 5) is 17.6. The highest BCUT2D eigenvalue weighted by Crippen LogP contribution is 2.68. The van der Waals surface area contributed by atoms with E-state index in [1.165, 1.54) is 42.6 Å². The molecule has 3 unspecified atom stereocenters. The van der Waals surface area contributed by atoms with Crippen molar-refractivity contribution in [3.05, 3.63) is 101 Å². The number of benzene rings is 2. The van der Waals surface area contributed by atoms with Crippen LogP contribution in [0.3, 0.4) is 0 Å². The molecule has 0 spiro atoms. The SMILES string of the molecule is NC(=O)C([C@H](Cc1cc(F)cc(F)c1)c1ncccc1-c1ccc(OC(F)F)cc1)n1nc(C(F)F)c2c1C(F)(F)C1CC21. The summed E-state index contributed by atoms with van der Waals surface area (Å²) in [7, 11) is 0. The van der Waals surface area contributed by atoms with E-state index in [1.54, 1.807) is 0 Å². The van der Waals surface area contributed by atoms with Gasteiger partial charge in [-0.2, -0.15) is 22.7 Å². The van der Waals surface area contributed by atoms with Crippen LogP contribution in [0.2, 0.25) is 0 Å². The average Bonchev–Trinajstić information content (AvgIpc) is 3.60. The number of amides is 1. The molecule has 6 nitrogen and oxygen atoms in total. The first-order valence-corrected chi connectivity index (χ1v) is 13.4. The molecule has 2 heterocycles. The third kappa shape index (κ3) is 5.15. The molecule has 230 valence electrons.